The Morgan fingerprint density at radius 3 is 2.42 bits per heavy atom. The fourth-order valence-electron chi connectivity index (χ4n) is 7.97. The van der Waals surface area contributed by atoms with Gasteiger partial charge in [-0.1, -0.05) is 0 Å². The number of nitrogens with one attached hydrogen (secondary N) is 1. The van der Waals surface area contributed by atoms with E-state index in [0.717, 1.165) is 97.5 Å². The standard InChI is InChI=1S/C29H49N5O4/c1-6-38-29-17-28(18-29,19-29)26(35)33-13-14-34-24(16-33)25(23(31-34)15-32(3)12-11-30-2)22-7-9-27(10-8-22,20-36-4)21-37-5/h22,30H,6-21H2,1-5H3. The third-order valence-corrected chi connectivity index (χ3v) is 9.79. The van der Waals surface area contributed by atoms with Gasteiger partial charge in [0.1, 0.15) is 0 Å². The number of hydrogen-bond acceptors (Lipinski definition) is 7. The maximum atomic E-state index is 13.7. The number of rotatable bonds is 13. The van der Waals surface area contributed by atoms with Crippen molar-refractivity contribution in [1.29, 1.82) is 0 Å². The lowest BCUT2D eigenvalue weighted by Gasteiger charge is -2.69. The molecule has 0 radical (unpaired) electrons. The second-order valence-corrected chi connectivity index (χ2v) is 12.7. The van der Waals surface area contributed by atoms with E-state index in [1.54, 1.807) is 14.2 Å². The van der Waals surface area contributed by atoms with Crippen LogP contribution >= 0.6 is 0 Å². The Balaban J connectivity index is 1.35. The van der Waals surface area contributed by atoms with Crippen LogP contribution in [0.2, 0.25) is 0 Å². The third kappa shape index (κ3) is 5.05. The molecule has 1 aromatic heterocycles. The minimum absolute atomic E-state index is 0.00275. The van der Waals surface area contributed by atoms with E-state index >= 15 is 0 Å². The molecule has 38 heavy (non-hydrogen) atoms. The fraction of sp³-hybridized carbons (Fsp3) is 0.862. The van der Waals surface area contributed by atoms with E-state index in [2.05, 4.69) is 33.8 Å². The van der Waals surface area contributed by atoms with E-state index < -0.39 is 0 Å². The zero-order valence-electron chi connectivity index (χ0n) is 24.3. The number of amides is 1. The lowest BCUT2D eigenvalue weighted by molar-refractivity contribution is -0.277. The van der Waals surface area contributed by atoms with Gasteiger partial charge in [0.05, 0.1) is 48.7 Å². The number of carbonyl (C=O) groups excluding carboxylic acids is 1. The summed E-state index contributed by atoms with van der Waals surface area (Å²) >= 11 is 0. The molecule has 1 aromatic rings. The second-order valence-electron chi connectivity index (χ2n) is 12.7. The fourth-order valence-corrected chi connectivity index (χ4v) is 7.97. The molecule has 4 fully saturated rings. The number of hydrogen-bond donors (Lipinski definition) is 1. The Morgan fingerprint density at radius 1 is 1.13 bits per heavy atom. The van der Waals surface area contributed by atoms with E-state index in [0.29, 0.717) is 18.4 Å². The highest BCUT2D eigenvalue weighted by Gasteiger charge is 2.73. The van der Waals surface area contributed by atoms with Crippen LogP contribution in [-0.2, 0) is 38.6 Å². The van der Waals surface area contributed by atoms with Crippen LogP contribution in [0.5, 0.6) is 0 Å². The van der Waals surface area contributed by atoms with E-state index in [9.17, 15) is 4.79 Å². The summed E-state index contributed by atoms with van der Waals surface area (Å²) in [6.45, 7) is 9.25. The van der Waals surface area contributed by atoms with Crippen LogP contribution in [-0.4, -0.2) is 98.9 Å². The van der Waals surface area contributed by atoms with Crippen LogP contribution < -0.4 is 5.32 Å². The molecule has 1 amide bonds. The molecule has 0 atom stereocenters. The van der Waals surface area contributed by atoms with E-state index in [1.807, 2.05) is 7.05 Å². The summed E-state index contributed by atoms with van der Waals surface area (Å²) in [6.07, 6.45) is 7.09. The number of ether oxygens (including phenoxy) is 3. The van der Waals surface area contributed by atoms with E-state index in [4.69, 9.17) is 19.3 Å². The lowest BCUT2D eigenvalue weighted by Crippen LogP contribution is -2.73. The lowest BCUT2D eigenvalue weighted by atomic mass is 9.40. The maximum Gasteiger partial charge on any atom is 0.229 e. The molecule has 4 saturated carbocycles. The Kier molecular flexibility index (Phi) is 8.23. The first-order valence-electron chi connectivity index (χ1n) is 14.6. The van der Waals surface area contributed by atoms with E-state index in [-0.39, 0.29) is 16.4 Å². The van der Waals surface area contributed by atoms with Crippen LogP contribution in [0.1, 0.15) is 74.7 Å². The molecule has 0 saturated heterocycles. The van der Waals surface area contributed by atoms with Gasteiger partial charge in [-0.15, -0.1) is 0 Å². The van der Waals surface area contributed by atoms with Gasteiger partial charge in [-0.25, -0.2) is 0 Å². The second kappa shape index (κ2) is 11.2. The molecule has 0 spiro atoms. The number of likely N-dealkylation sites (N-methyl/N-ethyl adjacent to an activating group) is 2. The van der Waals surface area contributed by atoms with Crippen molar-refractivity contribution < 1.29 is 19.0 Å². The molecule has 0 unspecified atom stereocenters. The average Bonchev–Trinajstić information content (AvgIpc) is 3.21. The van der Waals surface area contributed by atoms with Crippen LogP contribution in [0.15, 0.2) is 0 Å². The SMILES string of the molecule is CCOC12CC(C(=O)N3CCn4nc(CN(C)CCNC)c(C5CCC(COC)(COC)CC5)c4C3)(C1)C2. The van der Waals surface area contributed by atoms with Crippen LogP contribution in [0.4, 0.5) is 0 Å². The quantitative estimate of drug-likeness (QED) is 0.419. The first-order valence-corrected chi connectivity index (χ1v) is 14.6. The Bertz CT molecular complexity index is 958. The van der Waals surface area contributed by atoms with Gasteiger partial charge >= 0.3 is 0 Å². The van der Waals surface area contributed by atoms with Crippen molar-refractivity contribution in [3.8, 4) is 0 Å². The molecule has 9 heteroatoms. The summed E-state index contributed by atoms with van der Waals surface area (Å²) in [5, 5.41) is 8.42. The first kappa shape index (κ1) is 28.0. The zero-order chi connectivity index (χ0) is 27.0. The largest absolute Gasteiger partial charge is 0.384 e. The molecular formula is C29H49N5O4. The molecule has 2 heterocycles. The summed E-state index contributed by atoms with van der Waals surface area (Å²) in [7, 11) is 7.76. The summed E-state index contributed by atoms with van der Waals surface area (Å²) in [5.74, 6) is 0.799. The molecule has 6 rings (SSSR count). The van der Waals surface area contributed by atoms with Gasteiger partial charge in [0.15, 0.2) is 0 Å². The number of nitrogens with zero attached hydrogens (tertiary/aromatic N) is 4. The molecule has 1 N–H and O–H groups in total. The molecule has 1 aliphatic heterocycles. The number of carbonyl (C=O) groups is 1. The minimum atomic E-state index is -0.168. The Morgan fingerprint density at radius 2 is 1.82 bits per heavy atom. The van der Waals surface area contributed by atoms with Gasteiger partial charge in [0, 0.05) is 58.0 Å². The summed E-state index contributed by atoms with van der Waals surface area (Å²) in [6, 6.07) is 0. The molecule has 9 nitrogen and oxygen atoms in total. The number of fused-ring (bicyclic) bond motifs is 1. The normalized spacial score (nSPS) is 28.2. The van der Waals surface area contributed by atoms with Crippen molar-refractivity contribution in [2.75, 3.05) is 67.8 Å². The van der Waals surface area contributed by atoms with E-state index in [1.165, 1.54) is 17.0 Å². The van der Waals surface area contributed by atoms with Crippen molar-refractivity contribution in [1.82, 2.24) is 24.9 Å². The van der Waals surface area contributed by atoms with Crippen LogP contribution in [0, 0.1) is 10.8 Å². The zero-order valence-corrected chi connectivity index (χ0v) is 24.3. The van der Waals surface area contributed by atoms with Crippen molar-refractivity contribution in [3.63, 3.8) is 0 Å². The van der Waals surface area contributed by atoms with Crippen LogP contribution in [0.25, 0.3) is 0 Å². The van der Waals surface area contributed by atoms with Crippen molar-refractivity contribution in [2.24, 2.45) is 10.8 Å². The smallest absolute Gasteiger partial charge is 0.229 e. The van der Waals surface area contributed by atoms with Gasteiger partial charge in [0.2, 0.25) is 5.91 Å². The van der Waals surface area contributed by atoms with Gasteiger partial charge in [0.25, 0.3) is 0 Å². The van der Waals surface area contributed by atoms with Gasteiger partial charge in [-0.2, -0.15) is 5.10 Å². The predicted octanol–water partition coefficient (Wildman–Crippen LogP) is 2.77. The highest BCUT2D eigenvalue weighted by atomic mass is 16.5. The predicted molar refractivity (Wildman–Crippen MR) is 146 cm³/mol. The van der Waals surface area contributed by atoms with Crippen molar-refractivity contribution in [2.45, 2.75) is 83.0 Å². The summed E-state index contributed by atoms with van der Waals surface area (Å²) in [5.41, 5.74) is 3.80. The molecule has 4 aliphatic carbocycles. The van der Waals surface area contributed by atoms with Crippen molar-refractivity contribution in [3.05, 3.63) is 17.0 Å². The Hall–Kier alpha value is -1.52. The minimum Gasteiger partial charge on any atom is -0.384 e. The molecule has 5 aliphatic rings. The average molecular weight is 532 g/mol. The van der Waals surface area contributed by atoms with Gasteiger partial charge < -0.3 is 24.4 Å². The monoisotopic (exact) mass is 531 g/mol. The number of aromatic nitrogens is 2. The highest BCUT2D eigenvalue weighted by Crippen LogP contribution is 2.69. The van der Waals surface area contributed by atoms with Crippen LogP contribution in [0.3, 0.4) is 0 Å². The first-order chi connectivity index (χ1) is 18.3. The molecular weight excluding hydrogens is 482 g/mol. The molecule has 214 valence electrons. The Labute approximate surface area is 228 Å². The third-order valence-electron chi connectivity index (χ3n) is 9.79. The summed E-state index contributed by atoms with van der Waals surface area (Å²) in [4.78, 5) is 18.2. The molecule has 0 aromatic carbocycles. The van der Waals surface area contributed by atoms with Crippen molar-refractivity contribution >= 4 is 5.91 Å². The van der Waals surface area contributed by atoms with Gasteiger partial charge in [-0.3, -0.25) is 14.4 Å². The summed E-state index contributed by atoms with van der Waals surface area (Å²) < 4.78 is 19.4. The maximum absolute atomic E-state index is 13.7. The highest BCUT2D eigenvalue weighted by molar-refractivity contribution is 5.87. The molecule has 2 bridgehead atoms. The topological polar surface area (TPSA) is 81.1 Å². The van der Waals surface area contributed by atoms with Gasteiger partial charge in [-0.05, 0) is 71.9 Å². The number of methoxy groups -OCH3 is 2.